The molecular weight excluding hydrogens is 239 g/mol. The first-order valence-electron chi connectivity index (χ1n) is 6.10. The lowest BCUT2D eigenvalue weighted by molar-refractivity contribution is 0.617. The lowest BCUT2D eigenvalue weighted by Gasteiger charge is -2.14. The Kier molecular flexibility index (Phi) is 2.97. The molecule has 3 aromatic rings. The summed E-state index contributed by atoms with van der Waals surface area (Å²) in [4.78, 5) is 4.06. The van der Waals surface area contributed by atoms with Crippen molar-refractivity contribution < 1.29 is 4.39 Å². The van der Waals surface area contributed by atoms with Gasteiger partial charge in [0.15, 0.2) is 0 Å². The summed E-state index contributed by atoms with van der Waals surface area (Å²) in [6.07, 6.45) is 1.19. The van der Waals surface area contributed by atoms with Crippen molar-refractivity contribution in [1.82, 2.24) is 4.98 Å². The highest BCUT2D eigenvalue weighted by Crippen LogP contribution is 2.26. The molecule has 0 saturated heterocycles. The van der Waals surface area contributed by atoms with Crippen LogP contribution in [0.25, 0.3) is 10.8 Å². The van der Waals surface area contributed by atoms with Crippen molar-refractivity contribution >= 4 is 10.8 Å². The van der Waals surface area contributed by atoms with E-state index in [0.717, 1.165) is 16.3 Å². The van der Waals surface area contributed by atoms with Gasteiger partial charge in [-0.15, -0.1) is 0 Å². The summed E-state index contributed by atoms with van der Waals surface area (Å²) in [6, 6.07) is 16.7. The van der Waals surface area contributed by atoms with Crippen LogP contribution >= 0.6 is 0 Å². The number of aromatic nitrogens is 1. The van der Waals surface area contributed by atoms with E-state index in [1.807, 2.05) is 42.5 Å². The summed E-state index contributed by atoms with van der Waals surface area (Å²) in [7, 11) is 0. The molecule has 3 heteroatoms. The van der Waals surface area contributed by atoms with Crippen LogP contribution in [0.4, 0.5) is 4.39 Å². The summed E-state index contributed by atoms with van der Waals surface area (Å²) >= 11 is 0. The molecule has 0 saturated carbocycles. The molecule has 0 aliphatic carbocycles. The van der Waals surface area contributed by atoms with Crippen molar-refractivity contribution in [2.45, 2.75) is 6.04 Å². The smallest absolute Gasteiger partial charge is 0.141 e. The fraction of sp³-hybridized carbons (Fsp3) is 0.0625. The zero-order valence-electron chi connectivity index (χ0n) is 10.3. The first-order valence-corrected chi connectivity index (χ1v) is 6.10. The largest absolute Gasteiger partial charge is 0.319 e. The molecule has 0 radical (unpaired) electrons. The Morgan fingerprint density at radius 3 is 2.53 bits per heavy atom. The van der Waals surface area contributed by atoms with E-state index in [1.54, 1.807) is 6.07 Å². The van der Waals surface area contributed by atoms with Gasteiger partial charge in [0.2, 0.25) is 0 Å². The fourth-order valence-corrected chi connectivity index (χ4v) is 2.25. The van der Waals surface area contributed by atoms with E-state index in [-0.39, 0.29) is 11.9 Å². The standard InChI is InChI=1S/C16H13FN2/c17-12-8-9-15(19-10-12)16(18)14-7-3-5-11-4-1-2-6-13(11)14/h1-10,16H,18H2. The molecule has 3 rings (SSSR count). The molecule has 2 N–H and O–H groups in total. The molecule has 1 atom stereocenters. The van der Waals surface area contributed by atoms with Crippen LogP contribution in [0.2, 0.25) is 0 Å². The van der Waals surface area contributed by atoms with Crippen molar-refractivity contribution in [3.63, 3.8) is 0 Å². The minimum absolute atomic E-state index is 0.353. The van der Waals surface area contributed by atoms with E-state index in [0.29, 0.717) is 5.69 Å². The van der Waals surface area contributed by atoms with Crippen LogP contribution in [-0.4, -0.2) is 4.98 Å². The van der Waals surface area contributed by atoms with E-state index in [4.69, 9.17) is 5.73 Å². The van der Waals surface area contributed by atoms with Gasteiger partial charge in [0.25, 0.3) is 0 Å². The summed E-state index contributed by atoms with van der Waals surface area (Å²) < 4.78 is 12.9. The predicted octanol–water partition coefficient (Wildman–Crippen LogP) is 3.42. The number of hydrogen-bond donors (Lipinski definition) is 1. The maximum atomic E-state index is 12.9. The monoisotopic (exact) mass is 252 g/mol. The van der Waals surface area contributed by atoms with Crippen LogP contribution in [0, 0.1) is 5.82 Å². The molecule has 0 aliphatic heterocycles. The summed E-state index contributed by atoms with van der Waals surface area (Å²) in [5, 5.41) is 2.24. The lowest BCUT2D eigenvalue weighted by atomic mass is 9.97. The SMILES string of the molecule is NC(c1ccc(F)cn1)c1cccc2ccccc12. The normalized spacial score (nSPS) is 12.5. The molecule has 0 amide bonds. The molecule has 0 spiro atoms. The zero-order chi connectivity index (χ0) is 13.2. The van der Waals surface area contributed by atoms with Crippen molar-refractivity contribution in [2.75, 3.05) is 0 Å². The van der Waals surface area contributed by atoms with Gasteiger partial charge in [-0.25, -0.2) is 4.39 Å². The van der Waals surface area contributed by atoms with Gasteiger partial charge >= 0.3 is 0 Å². The molecule has 0 bridgehead atoms. The predicted molar refractivity (Wildman–Crippen MR) is 74.2 cm³/mol. The topological polar surface area (TPSA) is 38.9 Å². The molecule has 1 heterocycles. The van der Waals surface area contributed by atoms with Crippen molar-refractivity contribution in [3.8, 4) is 0 Å². The van der Waals surface area contributed by atoms with Gasteiger partial charge in [-0.1, -0.05) is 42.5 Å². The number of halogens is 1. The van der Waals surface area contributed by atoms with Crippen molar-refractivity contribution in [3.05, 3.63) is 77.9 Å². The number of rotatable bonds is 2. The Morgan fingerprint density at radius 1 is 0.947 bits per heavy atom. The molecule has 19 heavy (non-hydrogen) atoms. The first kappa shape index (κ1) is 11.8. The second-order valence-electron chi connectivity index (χ2n) is 4.45. The van der Waals surface area contributed by atoms with Crippen LogP contribution in [0.5, 0.6) is 0 Å². The van der Waals surface area contributed by atoms with E-state index < -0.39 is 0 Å². The highest BCUT2D eigenvalue weighted by atomic mass is 19.1. The molecule has 94 valence electrons. The third-order valence-electron chi connectivity index (χ3n) is 3.23. The Morgan fingerprint density at radius 2 is 1.74 bits per heavy atom. The molecule has 2 nitrogen and oxygen atoms in total. The Hall–Kier alpha value is -2.26. The second-order valence-corrected chi connectivity index (χ2v) is 4.45. The molecule has 0 fully saturated rings. The van der Waals surface area contributed by atoms with E-state index in [9.17, 15) is 4.39 Å². The minimum Gasteiger partial charge on any atom is -0.319 e. The number of fused-ring (bicyclic) bond motifs is 1. The maximum absolute atomic E-state index is 12.9. The van der Waals surface area contributed by atoms with Gasteiger partial charge < -0.3 is 5.73 Å². The molecule has 0 aliphatic rings. The van der Waals surface area contributed by atoms with Gasteiger partial charge in [0.05, 0.1) is 17.9 Å². The molecule has 1 unspecified atom stereocenters. The number of pyridine rings is 1. The van der Waals surface area contributed by atoms with Crippen LogP contribution in [0.3, 0.4) is 0 Å². The Bertz CT molecular complexity index is 702. The molecule has 1 aromatic heterocycles. The van der Waals surface area contributed by atoms with Crippen molar-refractivity contribution in [1.29, 1.82) is 0 Å². The van der Waals surface area contributed by atoms with Crippen LogP contribution in [0.15, 0.2) is 60.8 Å². The third-order valence-corrected chi connectivity index (χ3v) is 3.23. The number of nitrogens with two attached hydrogens (primary N) is 1. The number of hydrogen-bond acceptors (Lipinski definition) is 2. The van der Waals surface area contributed by atoms with Crippen LogP contribution in [0.1, 0.15) is 17.3 Å². The Balaban J connectivity index is 2.11. The second kappa shape index (κ2) is 4.78. The van der Waals surface area contributed by atoms with E-state index in [2.05, 4.69) is 4.98 Å². The van der Waals surface area contributed by atoms with E-state index >= 15 is 0 Å². The third kappa shape index (κ3) is 2.20. The maximum Gasteiger partial charge on any atom is 0.141 e. The Labute approximate surface area is 110 Å². The van der Waals surface area contributed by atoms with E-state index in [1.165, 1.54) is 12.3 Å². The highest BCUT2D eigenvalue weighted by molar-refractivity contribution is 5.86. The average Bonchev–Trinajstić information content (AvgIpc) is 2.47. The van der Waals surface area contributed by atoms with Gasteiger partial charge in [-0.05, 0) is 28.5 Å². The minimum atomic E-state index is -0.355. The van der Waals surface area contributed by atoms with Gasteiger partial charge in [-0.3, -0.25) is 4.98 Å². The lowest BCUT2D eigenvalue weighted by Crippen LogP contribution is -2.13. The first-order chi connectivity index (χ1) is 9.25. The average molecular weight is 252 g/mol. The van der Waals surface area contributed by atoms with Gasteiger partial charge in [0.1, 0.15) is 5.82 Å². The number of nitrogens with zero attached hydrogens (tertiary/aromatic N) is 1. The summed E-state index contributed by atoms with van der Waals surface area (Å²) in [5.41, 5.74) is 7.91. The molecule has 2 aromatic carbocycles. The number of benzene rings is 2. The van der Waals surface area contributed by atoms with Crippen molar-refractivity contribution in [2.24, 2.45) is 5.73 Å². The van der Waals surface area contributed by atoms with Gasteiger partial charge in [0, 0.05) is 0 Å². The molecular formula is C16H13FN2. The quantitative estimate of drug-likeness (QED) is 0.759. The summed E-state index contributed by atoms with van der Waals surface area (Å²) in [6.45, 7) is 0. The highest BCUT2D eigenvalue weighted by Gasteiger charge is 2.13. The summed E-state index contributed by atoms with van der Waals surface area (Å²) in [5.74, 6) is -0.353. The fourth-order valence-electron chi connectivity index (χ4n) is 2.25. The van der Waals surface area contributed by atoms with Crippen LogP contribution < -0.4 is 5.73 Å². The zero-order valence-corrected chi connectivity index (χ0v) is 10.3. The van der Waals surface area contributed by atoms with Crippen LogP contribution in [-0.2, 0) is 0 Å². The van der Waals surface area contributed by atoms with Gasteiger partial charge in [-0.2, -0.15) is 0 Å².